The molecule has 3 rings (SSSR count). The second-order valence-corrected chi connectivity index (χ2v) is 7.08. The number of amides is 1. The number of para-hydroxylation sites is 2. The summed E-state index contributed by atoms with van der Waals surface area (Å²) in [5.41, 5.74) is 4.72. The van der Waals surface area contributed by atoms with E-state index in [9.17, 15) is 4.79 Å². The van der Waals surface area contributed by atoms with E-state index in [4.69, 9.17) is 4.98 Å². The highest BCUT2D eigenvalue weighted by molar-refractivity contribution is 5.78. The van der Waals surface area contributed by atoms with Gasteiger partial charge in [-0.3, -0.25) is 4.79 Å². The molecule has 27 heavy (non-hydrogen) atoms. The van der Waals surface area contributed by atoms with Gasteiger partial charge in [-0.25, -0.2) is 4.98 Å². The molecule has 0 fully saturated rings. The molecule has 0 aliphatic rings. The molecule has 0 aliphatic carbocycles. The maximum atomic E-state index is 12.2. The topological polar surface area (TPSA) is 46.9 Å². The highest BCUT2D eigenvalue weighted by Gasteiger charge is 2.15. The number of nitrogens with one attached hydrogen (secondary N) is 1. The number of nitrogens with zero attached hydrogens (tertiary/aromatic N) is 2. The van der Waals surface area contributed by atoms with Crippen LogP contribution in [0.3, 0.4) is 0 Å². The second-order valence-electron chi connectivity index (χ2n) is 7.08. The summed E-state index contributed by atoms with van der Waals surface area (Å²) in [6.07, 6.45) is 2.49. The lowest BCUT2D eigenvalue weighted by Crippen LogP contribution is -2.32. The first-order valence-corrected chi connectivity index (χ1v) is 9.90. The zero-order chi connectivity index (χ0) is 19.2. The standard InChI is InChI=1S/C23H29N3O/c1-4-18(5-2)23(27)24-15-14-22-25-20-12-8-9-13-21(20)26(22)16-19-11-7-6-10-17(19)3/h6-13,18H,4-5,14-16H2,1-3H3,(H,24,27). The van der Waals surface area contributed by atoms with Crippen molar-refractivity contribution in [3.63, 3.8) is 0 Å². The van der Waals surface area contributed by atoms with Gasteiger partial charge in [0.25, 0.3) is 0 Å². The number of carbonyl (C=O) groups is 1. The van der Waals surface area contributed by atoms with Gasteiger partial charge in [-0.1, -0.05) is 50.2 Å². The molecule has 4 nitrogen and oxygen atoms in total. The Morgan fingerprint density at radius 3 is 2.52 bits per heavy atom. The molecular formula is C23H29N3O. The highest BCUT2D eigenvalue weighted by Crippen LogP contribution is 2.19. The Labute approximate surface area is 161 Å². The van der Waals surface area contributed by atoms with Gasteiger partial charge in [-0.15, -0.1) is 0 Å². The van der Waals surface area contributed by atoms with Crippen LogP contribution in [0.4, 0.5) is 0 Å². The van der Waals surface area contributed by atoms with E-state index in [0.29, 0.717) is 6.54 Å². The average molecular weight is 364 g/mol. The highest BCUT2D eigenvalue weighted by atomic mass is 16.1. The molecule has 0 spiro atoms. The van der Waals surface area contributed by atoms with Gasteiger partial charge in [0.1, 0.15) is 5.82 Å². The quantitative estimate of drug-likeness (QED) is 0.641. The smallest absolute Gasteiger partial charge is 0.223 e. The molecule has 0 aliphatic heterocycles. The molecule has 2 aromatic carbocycles. The van der Waals surface area contributed by atoms with Crippen molar-refractivity contribution in [2.75, 3.05) is 6.54 Å². The van der Waals surface area contributed by atoms with Gasteiger partial charge in [0, 0.05) is 25.4 Å². The molecule has 1 heterocycles. The SMILES string of the molecule is CCC(CC)C(=O)NCCc1nc2ccccc2n1Cc1ccccc1C. The Hall–Kier alpha value is -2.62. The number of hydrogen-bond donors (Lipinski definition) is 1. The third-order valence-corrected chi connectivity index (χ3v) is 5.33. The molecule has 1 N–H and O–H groups in total. The van der Waals surface area contributed by atoms with E-state index in [-0.39, 0.29) is 11.8 Å². The minimum absolute atomic E-state index is 0.107. The van der Waals surface area contributed by atoms with Crippen molar-refractivity contribution in [2.24, 2.45) is 5.92 Å². The van der Waals surface area contributed by atoms with E-state index >= 15 is 0 Å². The number of fused-ring (bicyclic) bond motifs is 1. The van der Waals surface area contributed by atoms with Crippen LogP contribution in [0.2, 0.25) is 0 Å². The fraction of sp³-hybridized carbons (Fsp3) is 0.391. The monoisotopic (exact) mass is 363 g/mol. The maximum Gasteiger partial charge on any atom is 0.223 e. The van der Waals surface area contributed by atoms with Gasteiger partial charge in [-0.2, -0.15) is 0 Å². The van der Waals surface area contributed by atoms with Gasteiger partial charge in [0.05, 0.1) is 11.0 Å². The molecule has 0 saturated heterocycles. The van der Waals surface area contributed by atoms with E-state index in [1.807, 2.05) is 6.07 Å². The molecule has 0 saturated carbocycles. The van der Waals surface area contributed by atoms with E-state index in [2.05, 4.69) is 73.1 Å². The largest absolute Gasteiger partial charge is 0.355 e. The summed E-state index contributed by atoms with van der Waals surface area (Å²) in [7, 11) is 0. The van der Waals surface area contributed by atoms with Gasteiger partial charge in [-0.05, 0) is 43.0 Å². The van der Waals surface area contributed by atoms with Gasteiger partial charge in [0.15, 0.2) is 0 Å². The lowest BCUT2D eigenvalue weighted by molar-refractivity contribution is -0.125. The lowest BCUT2D eigenvalue weighted by atomic mass is 10.0. The molecule has 142 valence electrons. The molecule has 0 bridgehead atoms. The Kier molecular flexibility index (Phi) is 6.28. The maximum absolute atomic E-state index is 12.2. The summed E-state index contributed by atoms with van der Waals surface area (Å²) in [5, 5.41) is 3.09. The zero-order valence-corrected chi connectivity index (χ0v) is 16.5. The lowest BCUT2D eigenvalue weighted by Gasteiger charge is -2.14. The third-order valence-electron chi connectivity index (χ3n) is 5.33. The summed E-state index contributed by atoms with van der Waals surface area (Å²) in [6.45, 7) is 7.68. The Balaban J connectivity index is 1.80. The molecule has 0 radical (unpaired) electrons. The number of aromatic nitrogens is 2. The van der Waals surface area contributed by atoms with Crippen molar-refractivity contribution in [1.29, 1.82) is 0 Å². The van der Waals surface area contributed by atoms with Crippen LogP contribution in [0.1, 0.15) is 43.6 Å². The first-order chi connectivity index (χ1) is 13.1. The number of hydrogen-bond acceptors (Lipinski definition) is 2. The Morgan fingerprint density at radius 2 is 1.78 bits per heavy atom. The van der Waals surface area contributed by atoms with E-state index < -0.39 is 0 Å². The van der Waals surface area contributed by atoms with E-state index in [1.165, 1.54) is 11.1 Å². The van der Waals surface area contributed by atoms with Crippen molar-refractivity contribution in [1.82, 2.24) is 14.9 Å². The number of benzene rings is 2. The van der Waals surface area contributed by atoms with E-state index in [1.54, 1.807) is 0 Å². The molecule has 0 atom stereocenters. The third kappa shape index (κ3) is 4.38. The molecular weight excluding hydrogens is 334 g/mol. The molecule has 1 amide bonds. The fourth-order valence-electron chi connectivity index (χ4n) is 3.55. The van der Waals surface area contributed by atoms with Crippen molar-refractivity contribution in [3.8, 4) is 0 Å². The Bertz CT molecular complexity index is 909. The van der Waals surface area contributed by atoms with Crippen LogP contribution in [0.5, 0.6) is 0 Å². The van der Waals surface area contributed by atoms with Crippen LogP contribution in [0.25, 0.3) is 11.0 Å². The minimum Gasteiger partial charge on any atom is -0.355 e. The van der Waals surface area contributed by atoms with Gasteiger partial charge >= 0.3 is 0 Å². The van der Waals surface area contributed by atoms with Crippen molar-refractivity contribution < 1.29 is 4.79 Å². The van der Waals surface area contributed by atoms with Crippen LogP contribution in [0, 0.1) is 12.8 Å². The summed E-state index contributed by atoms with van der Waals surface area (Å²) in [5.74, 6) is 1.28. The van der Waals surface area contributed by atoms with Crippen LogP contribution in [-0.2, 0) is 17.8 Å². The Morgan fingerprint density at radius 1 is 1.07 bits per heavy atom. The molecule has 4 heteroatoms. The van der Waals surface area contributed by atoms with Crippen molar-refractivity contribution in [2.45, 2.75) is 46.6 Å². The van der Waals surface area contributed by atoms with Crippen molar-refractivity contribution >= 4 is 16.9 Å². The normalized spacial score (nSPS) is 11.3. The average Bonchev–Trinajstić information content (AvgIpc) is 3.02. The second kappa shape index (κ2) is 8.85. The summed E-state index contributed by atoms with van der Waals surface area (Å²) in [6, 6.07) is 16.7. The summed E-state index contributed by atoms with van der Waals surface area (Å²) < 4.78 is 2.28. The number of aryl methyl sites for hydroxylation is 1. The first-order valence-electron chi connectivity index (χ1n) is 9.90. The van der Waals surface area contributed by atoms with Crippen LogP contribution >= 0.6 is 0 Å². The van der Waals surface area contributed by atoms with Gasteiger partial charge < -0.3 is 9.88 Å². The minimum atomic E-state index is 0.107. The van der Waals surface area contributed by atoms with E-state index in [0.717, 1.165) is 42.7 Å². The van der Waals surface area contributed by atoms with Crippen molar-refractivity contribution in [3.05, 3.63) is 65.5 Å². The summed E-state index contributed by atoms with van der Waals surface area (Å²) >= 11 is 0. The summed E-state index contributed by atoms with van der Waals surface area (Å²) in [4.78, 5) is 17.1. The van der Waals surface area contributed by atoms with Crippen LogP contribution in [0.15, 0.2) is 48.5 Å². The fourth-order valence-corrected chi connectivity index (χ4v) is 3.55. The molecule has 3 aromatic rings. The zero-order valence-electron chi connectivity index (χ0n) is 16.5. The molecule has 0 unspecified atom stereocenters. The van der Waals surface area contributed by atoms with Gasteiger partial charge in [0.2, 0.25) is 5.91 Å². The number of carbonyl (C=O) groups excluding carboxylic acids is 1. The first kappa shape index (κ1) is 19.2. The van der Waals surface area contributed by atoms with Crippen LogP contribution < -0.4 is 5.32 Å². The number of rotatable bonds is 8. The predicted molar refractivity (Wildman–Crippen MR) is 111 cm³/mol. The predicted octanol–water partition coefficient (Wildman–Crippen LogP) is 4.49. The number of imidazole rings is 1. The van der Waals surface area contributed by atoms with Crippen LogP contribution in [-0.4, -0.2) is 22.0 Å². The molecule has 1 aromatic heterocycles.